The summed E-state index contributed by atoms with van der Waals surface area (Å²) in [7, 11) is 0. The summed E-state index contributed by atoms with van der Waals surface area (Å²) in [6.07, 6.45) is 0. The first kappa shape index (κ1) is 26.2. The summed E-state index contributed by atoms with van der Waals surface area (Å²) in [5.41, 5.74) is 5.25. The van der Waals surface area contributed by atoms with Crippen LogP contribution in [0.25, 0.3) is 11.1 Å². The van der Waals surface area contributed by atoms with Crippen LogP contribution in [0, 0.1) is 0 Å². The number of carbonyl (C=O) groups is 2. The molecule has 0 saturated heterocycles. The van der Waals surface area contributed by atoms with E-state index in [0.717, 1.165) is 22.3 Å². The lowest BCUT2D eigenvalue weighted by atomic mass is 9.77. The summed E-state index contributed by atoms with van der Waals surface area (Å²) in [6.45, 7) is 25.5. The lowest BCUT2D eigenvalue weighted by molar-refractivity contribution is -0.129. The number of hydrogen-bond donors (Lipinski definition) is 0. The minimum absolute atomic E-state index is 0.149. The van der Waals surface area contributed by atoms with Crippen LogP contribution in [0.3, 0.4) is 0 Å². The standard InChI is InChI=1S/C32H40O4/c1-29(2,3)17-13-19-23(27(33)35-25(19)21(15-17)31(7,8)9)24-20-14-18(30(4,5)6)16-22(32(10,11)12)26(20)36-28(24)34/h13-16H,1-12H3/b24-23+. The second kappa shape index (κ2) is 7.81. The normalized spacial score (nSPS) is 18.2. The van der Waals surface area contributed by atoms with Gasteiger partial charge in [-0.25, -0.2) is 9.59 Å². The zero-order chi connectivity index (χ0) is 27.2. The van der Waals surface area contributed by atoms with Crippen LogP contribution in [0.5, 0.6) is 11.5 Å². The van der Waals surface area contributed by atoms with Gasteiger partial charge in [-0.3, -0.25) is 0 Å². The van der Waals surface area contributed by atoms with Crippen LogP contribution in [-0.4, -0.2) is 11.9 Å². The highest BCUT2D eigenvalue weighted by Gasteiger charge is 2.43. The summed E-state index contributed by atoms with van der Waals surface area (Å²) in [4.78, 5) is 27.0. The van der Waals surface area contributed by atoms with Crippen LogP contribution in [0.4, 0.5) is 0 Å². The maximum absolute atomic E-state index is 13.5. The fourth-order valence-corrected chi connectivity index (χ4v) is 4.81. The molecule has 4 heteroatoms. The average molecular weight is 489 g/mol. The van der Waals surface area contributed by atoms with Crippen molar-refractivity contribution in [2.45, 2.75) is 105 Å². The van der Waals surface area contributed by atoms with Crippen molar-refractivity contribution >= 4 is 23.1 Å². The molecule has 0 radical (unpaired) electrons. The molecule has 2 aliphatic heterocycles. The molecule has 0 aromatic heterocycles. The molecule has 4 rings (SSSR count). The molecule has 0 bridgehead atoms. The third-order valence-electron chi connectivity index (χ3n) is 7.11. The topological polar surface area (TPSA) is 52.6 Å². The van der Waals surface area contributed by atoms with Crippen molar-refractivity contribution in [3.05, 3.63) is 57.6 Å². The molecule has 0 amide bonds. The molecular weight excluding hydrogens is 448 g/mol. The van der Waals surface area contributed by atoms with E-state index in [4.69, 9.17) is 9.47 Å². The van der Waals surface area contributed by atoms with Crippen molar-refractivity contribution in [3.8, 4) is 11.5 Å². The molecule has 0 unspecified atom stereocenters. The Morgan fingerprint density at radius 1 is 0.472 bits per heavy atom. The van der Waals surface area contributed by atoms with Crippen LogP contribution in [0.1, 0.15) is 116 Å². The second-order valence-corrected chi connectivity index (χ2v) is 14.3. The molecule has 2 aliphatic rings. The van der Waals surface area contributed by atoms with E-state index in [1.54, 1.807) is 0 Å². The Labute approximate surface area is 216 Å². The van der Waals surface area contributed by atoms with Gasteiger partial charge in [0, 0.05) is 22.3 Å². The van der Waals surface area contributed by atoms with Gasteiger partial charge in [-0.2, -0.15) is 0 Å². The smallest absolute Gasteiger partial charge is 0.345 e. The molecule has 4 nitrogen and oxygen atoms in total. The molecule has 0 fully saturated rings. The van der Waals surface area contributed by atoms with Crippen LogP contribution in [0.15, 0.2) is 24.3 Å². The number of rotatable bonds is 0. The van der Waals surface area contributed by atoms with E-state index in [0.29, 0.717) is 33.8 Å². The van der Waals surface area contributed by atoms with Crippen molar-refractivity contribution in [1.82, 2.24) is 0 Å². The minimum Gasteiger partial charge on any atom is -0.422 e. The van der Waals surface area contributed by atoms with Gasteiger partial charge in [0.2, 0.25) is 0 Å². The first-order valence-electron chi connectivity index (χ1n) is 12.8. The van der Waals surface area contributed by atoms with Gasteiger partial charge in [-0.15, -0.1) is 0 Å². The highest BCUT2D eigenvalue weighted by atomic mass is 16.5. The molecule has 0 atom stereocenters. The Kier molecular flexibility index (Phi) is 5.68. The first-order valence-corrected chi connectivity index (χ1v) is 12.8. The van der Waals surface area contributed by atoms with Crippen LogP contribution >= 0.6 is 0 Å². The first-order chi connectivity index (χ1) is 16.2. The van der Waals surface area contributed by atoms with E-state index >= 15 is 0 Å². The average Bonchev–Trinajstić information content (AvgIpc) is 3.17. The van der Waals surface area contributed by atoms with E-state index in [-0.39, 0.29) is 21.7 Å². The molecular formula is C32H40O4. The van der Waals surface area contributed by atoms with Gasteiger partial charge in [0.25, 0.3) is 0 Å². The van der Waals surface area contributed by atoms with Crippen molar-refractivity contribution in [1.29, 1.82) is 0 Å². The number of carbonyl (C=O) groups excluding carboxylic acids is 2. The molecule has 0 saturated carbocycles. The fraction of sp³-hybridized carbons (Fsp3) is 0.500. The van der Waals surface area contributed by atoms with Crippen LogP contribution in [-0.2, 0) is 31.2 Å². The Morgan fingerprint density at radius 3 is 1.03 bits per heavy atom. The zero-order valence-corrected chi connectivity index (χ0v) is 23.9. The van der Waals surface area contributed by atoms with Crippen molar-refractivity contribution in [2.75, 3.05) is 0 Å². The van der Waals surface area contributed by atoms with E-state index in [1.807, 2.05) is 12.1 Å². The minimum atomic E-state index is -0.500. The lowest BCUT2D eigenvalue weighted by Gasteiger charge is -2.27. The molecule has 2 aromatic rings. The lowest BCUT2D eigenvalue weighted by Crippen LogP contribution is -2.17. The quantitative estimate of drug-likeness (QED) is 0.217. The summed E-state index contributed by atoms with van der Waals surface area (Å²) in [6, 6.07) is 8.30. The third kappa shape index (κ3) is 4.29. The van der Waals surface area contributed by atoms with E-state index in [9.17, 15) is 9.59 Å². The Balaban J connectivity index is 2.12. The predicted molar refractivity (Wildman–Crippen MR) is 146 cm³/mol. The Bertz CT molecular complexity index is 1220. The van der Waals surface area contributed by atoms with E-state index in [1.165, 1.54) is 0 Å². The number of fused-ring (bicyclic) bond motifs is 2. The highest BCUT2D eigenvalue weighted by Crippen LogP contribution is 2.51. The third-order valence-corrected chi connectivity index (χ3v) is 7.11. The molecule has 36 heavy (non-hydrogen) atoms. The molecule has 192 valence electrons. The summed E-state index contributed by atoms with van der Waals surface area (Å²) >= 11 is 0. The summed E-state index contributed by atoms with van der Waals surface area (Å²) < 4.78 is 11.8. The summed E-state index contributed by atoms with van der Waals surface area (Å²) in [5, 5.41) is 0. The van der Waals surface area contributed by atoms with Crippen molar-refractivity contribution in [2.24, 2.45) is 0 Å². The molecule has 2 aromatic carbocycles. The van der Waals surface area contributed by atoms with Gasteiger partial charge < -0.3 is 9.47 Å². The maximum atomic E-state index is 13.5. The van der Waals surface area contributed by atoms with Gasteiger partial charge in [-0.1, -0.05) is 95.2 Å². The Hall–Kier alpha value is -2.88. The van der Waals surface area contributed by atoms with Crippen molar-refractivity contribution in [3.63, 3.8) is 0 Å². The van der Waals surface area contributed by atoms with Gasteiger partial charge in [0.15, 0.2) is 0 Å². The van der Waals surface area contributed by atoms with Crippen LogP contribution < -0.4 is 9.47 Å². The molecule has 0 spiro atoms. The molecule has 0 aliphatic carbocycles. The molecule has 0 N–H and O–H groups in total. The summed E-state index contributed by atoms with van der Waals surface area (Å²) in [5.74, 6) is 0.0965. The number of ether oxygens (including phenoxy) is 2. The van der Waals surface area contributed by atoms with Gasteiger partial charge in [-0.05, 0) is 44.9 Å². The highest BCUT2D eigenvalue weighted by molar-refractivity contribution is 6.41. The number of benzene rings is 2. The predicted octanol–water partition coefficient (Wildman–Crippen LogP) is 7.63. The molecule has 2 heterocycles. The maximum Gasteiger partial charge on any atom is 0.345 e. The SMILES string of the molecule is CC(C)(C)c1cc2c(c(C(C)(C)C)c1)OC(=O)/C2=C1/C(=O)Oc2c1cc(C(C)(C)C)cc2C(C)(C)C. The van der Waals surface area contributed by atoms with Gasteiger partial charge >= 0.3 is 11.9 Å². The second-order valence-electron chi connectivity index (χ2n) is 14.3. The largest absolute Gasteiger partial charge is 0.422 e. The van der Waals surface area contributed by atoms with Gasteiger partial charge in [0.05, 0.1) is 11.1 Å². The van der Waals surface area contributed by atoms with Crippen LogP contribution in [0.2, 0.25) is 0 Å². The van der Waals surface area contributed by atoms with E-state index in [2.05, 4.69) is 95.2 Å². The Morgan fingerprint density at radius 2 is 0.778 bits per heavy atom. The van der Waals surface area contributed by atoms with Gasteiger partial charge in [0.1, 0.15) is 11.5 Å². The number of esters is 2. The van der Waals surface area contributed by atoms with Crippen molar-refractivity contribution < 1.29 is 19.1 Å². The number of hydrogen-bond acceptors (Lipinski definition) is 4. The zero-order valence-electron chi connectivity index (χ0n) is 23.9. The fourth-order valence-electron chi connectivity index (χ4n) is 4.81. The monoisotopic (exact) mass is 488 g/mol. The van der Waals surface area contributed by atoms with E-state index < -0.39 is 11.9 Å².